The first-order valence-corrected chi connectivity index (χ1v) is 5.15. The van der Waals surface area contributed by atoms with Crippen molar-refractivity contribution in [1.82, 2.24) is 4.98 Å². The predicted octanol–water partition coefficient (Wildman–Crippen LogP) is 2.93. The number of hydrogen-bond acceptors (Lipinski definition) is 3. The highest BCUT2D eigenvalue weighted by molar-refractivity contribution is 7.13. The molecule has 0 spiro atoms. The second kappa shape index (κ2) is 3.72. The molecular weight excluding hydrogens is 194 g/mol. The second-order valence-electron chi connectivity index (χ2n) is 3.03. The highest BCUT2D eigenvalue weighted by atomic mass is 32.1. The lowest BCUT2D eigenvalue weighted by atomic mass is 10.1. The first kappa shape index (κ1) is 9.09. The molecule has 2 nitrogen and oxygen atoms in total. The maximum atomic E-state index is 10.6. The van der Waals surface area contributed by atoms with Gasteiger partial charge in [-0.25, -0.2) is 4.98 Å². The molecule has 0 aliphatic carbocycles. The molecule has 1 heterocycles. The third-order valence-corrected chi connectivity index (χ3v) is 2.87. The van der Waals surface area contributed by atoms with Crippen LogP contribution < -0.4 is 0 Å². The summed E-state index contributed by atoms with van der Waals surface area (Å²) in [5, 5.41) is 2.90. The Morgan fingerprint density at radius 1 is 1.43 bits per heavy atom. The Morgan fingerprint density at radius 3 is 2.93 bits per heavy atom. The van der Waals surface area contributed by atoms with Gasteiger partial charge in [-0.3, -0.25) is 4.79 Å². The second-order valence-corrected chi connectivity index (χ2v) is 3.92. The zero-order chi connectivity index (χ0) is 9.97. The van der Waals surface area contributed by atoms with Gasteiger partial charge in [0.25, 0.3) is 0 Å². The molecule has 14 heavy (non-hydrogen) atoms. The van der Waals surface area contributed by atoms with Gasteiger partial charge in [-0.1, -0.05) is 12.1 Å². The number of aromatic nitrogens is 1. The topological polar surface area (TPSA) is 30.0 Å². The number of rotatable bonds is 2. The quantitative estimate of drug-likeness (QED) is 0.702. The highest BCUT2D eigenvalue weighted by Crippen LogP contribution is 2.25. The van der Waals surface area contributed by atoms with Gasteiger partial charge in [-0.15, -0.1) is 11.3 Å². The molecule has 1 aromatic heterocycles. The maximum absolute atomic E-state index is 10.6. The summed E-state index contributed by atoms with van der Waals surface area (Å²) in [6.45, 7) is 2.02. The van der Waals surface area contributed by atoms with Crippen LogP contribution in [-0.2, 0) is 0 Å². The third-order valence-electron chi connectivity index (χ3n) is 2.06. The van der Waals surface area contributed by atoms with Gasteiger partial charge in [-0.05, 0) is 18.6 Å². The van der Waals surface area contributed by atoms with Crippen molar-refractivity contribution in [3.8, 4) is 10.6 Å². The molecule has 0 saturated carbocycles. The average Bonchev–Trinajstić information content (AvgIpc) is 2.71. The minimum absolute atomic E-state index is 0.695. The summed E-state index contributed by atoms with van der Waals surface area (Å²) >= 11 is 1.58. The van der Waals surface area contributed by atoms with Gasteiger partial charge in [0.15, 0.2) is 0 Å². The van der Waals surface area contributed by atoms with Crippen LogP contribution in [0, 0.1) is 6.92 Å². The minimum Gasteiger partial charge on any atom is -0.298 e. The van der Waals surface area contributed by atoms with Crippen molar-refractivity contribution in [3.63, 3.8) is 0 Å². The van der Waals surface area contributed by atoms with Gasteiger partial charge in [0.2, 0.25) is 0 Å². The van der Waals surface area contributed by atoms with E-state index in [2.05, 4.69) is 4.98 Å². The summed E-state index contributed by atoms with van der Waals surface area (Å²) in [4.78, 5) is 14.8. The Bertz CT molecular complexity index is 448. The van der Waals surface area contributed by atoms with Crippen LogP contribution in [-0.4, -0.2) is 11.3 Å². The number of benzene rings is 1. The first-order chi connectivity index (χ1) is 6.81. The van der Waals surface area contributed by atoms with Crippen LogP contribution >= 0.6 is 11.3 Å². The van der Waals surface area contributed by atoms with Crippen LogP contribution in [0.25, 0.3) is 10.6 Å². The zero-order valence-corrected chi connectivity index (χ0v) is 8.54. The monoisotopic (exact) mass is 203 g/mol. The molecule has 2 aromatic rings. The van der Waals surface area contributed by atoms with E-state index in [-0.39, 0.29) is 0 Å². The molecule has 3 heteroatoms. The van der Waals surface area contributed by atoms with Crippen molar-refractivity contribution in [2.24, 2.45) is 0 Å². The van der Waals surface area contributed by atoms with Gasteiger partial charge < -0.3 is 0 Å². The Balaban J connectivity index is 2.57. The van der Waals surface area contributed by atoms with E-state index in [1.165, 1.54) is 0 Å². The molecule has 0 aliphatic heterocycles. The lowest BCUT2D eigenvalue weighted by Gasteiger charge is -2.02. The van der Waals surface area contributed by atoms with Gasteiger partial charge >= 0.3 is 0 Å². The van der Waals surface area contributed by atoms with Crippen LogP contribution in [0.1, 0.15) is 15.9 Å². The number of nitrogens with zero attached hydrogens (tertiary/aromatic N) is 1. The molecule has 1 aromatic carbocycles. The number of carbonyl (C=O) groups is 1. The maximum Gasteiger partial charge on any atom is 0.150 e. The summed E-state index contributed by atoms with van der Waals surface area (Å²) in [6, 6.07) is 5.64. The van der Waals surface area contributed by atoms with Gasteiger partial charge in [0.1, 0.15) is 11.3 Å². The van der Waals surface area contributed by atoms with E-state index in [1.807, 2.05) is 30.5 Å². The fraction of sp³-hybridized carbons (Fsp3) is 0.0909. The largest absolute Gasteiger partial charge is 0.298 e. The van der Waals surface area contributed by atoms with Gasteiger partial charge in [-0.2, -0.15) is 0 Å². The van der Waals surface area contributed by atoms with E-state index in [0.717, 1.165) is 22.4 Å². The Labute approximate surface area is 86.2 Å². The number of thiazole rings is 1. The number of hydrogen-bond donors (Lipinski definition) is 0. The minimum atomic E-state index is 0.695. The van der Waals surface area contributed by atoms with Crippen molar-refractivity contribution < 1.29 is 4.79 Å². The number of carbonyl (C=O) groups excluding carboxylic acids is 1. The Hall–Kier alpha value is -1.48. The molecule has 2 rings (SSSR count). The molecule has 70 valence electrons. The molecule has 0 amide bonds. The summed E-state index contributed by atoms with van der Waals surface area (Å²) in [5.41, 5.74) is 2.89. The average molecular weight is 203 g/mol. The molecular formula is C11H9NOS. The van der Waals surface area contributed by atoms with Crippen molar-refractivity contribution in [3.05, 3.63) is 40.9 Å². The number of aldehydes is 1. The molecule has 0 fully saturated rings. The standard InChI is InChI=1S/C11H9NOS/c1-8-2-3-9(7-13)6-10(8)11-12-4-5-14-11/h2-7H,1H3. The highest BCUT2D eigenvalue weighted by Gasteiger charge is 2.04. The van der Waals surface area contributed by atoms with Crippen molar-refractivity contribution >= 4 is 17.6 Å². The van der Waals surface area contributed by atoms with E-state index in [1.54, 1.807) is 17.5 Å². The van der Waals surface area contributed by atoms with Crippen molar-refractivity contribution in [2.75, 3.05) is 0 Å². The summed E-state index contributed by atoms with van der Waals surface area (Å²) < 4.78 is 0. The lowest BCUT2D eigenvalue weighted by Crippen LogP contribution is -1.86. The van der Waals surface area contributed by atoms with Crippen LogP contribution in [0.2, 0.25) is 0 Å². The molecule has 0 radical (unpaired) electrons. The Morgan fingerprint density at radius 2 is 2.29 bits per heavy atom. The molecule has 0 N–H and O–H groups in total. The smallest absolute Gasteiger partial charge is 0.150 e. The molecule has 0 aliphatic rings. The van der Waals surface area contributed by atoms with E-state index in [0.29, 0.717) is 5.56 Å². The fourth-order valence-corrected chi connectivity index (χ4v) is 2.02. The third kappa shape index (κ3) is 1.59. The lowest BCUT2D eigenvalue weighted by molar-refractivity contribution is 0.112. The molecule has 0 unspecified atom stereocenters. The summed E-state index contributed by atoms with van der Waals surface area (Å²) in [7, 11) is 0. The summed E-state index contributed by atoms with van der Waals surface area (Å²) in [5.74, 6) is 0. The van der Waals surface area contributed by atoms with Crippen LogP contribution in [0.5, 0.6) is 0 Å². The zero-order valence-electron chi connectivity index (χ0n) is 7.73. The molecule has 0 saturated heterocycles. The van der Waals surface area contributed by atoms with E-state index in [9.17, 15) is 4.79 Å². The SMILES string of the molecule is Cc1ccc(C=O)cc1-c1nccs1. The summed E-state index contributed by atoms with van der Waals surface area (Å²) in [6.07, 6.45) is 2.63. The normalized spacial score (nSPS) is 10.1. The van der Waals surface area contributed by atoms with E-state index in [4.69, 9.17) is 0 Å². The molecule has 0 atom stereocenters. The van der Waals surface area contributed by atoms with E-state index >= 15 is 0 Å². The van der Waals surface area contributed by atoms with Gasteiger partial charge in [0, 0.05) is 22.7 Å². The first-order valence-electron chi connectivity index (χ1n) is 4.27. The Kier molecular flexibility index (Phi) is 2.41. The van der Waals surface area contributed by atoms with Gasteiger partial charge in [0.05, 0.1) is 0 Å². The molecule has 0 bridgehead atoms. The van der Waals surface area contributed by atoms with Crippen LogP contribution in [0.15, 0.2) is 29.8 Å². The van der Waals surface area contributed by atoms with Crippen molar-refractivity contribution in [2.45, 2.75) is 6.92 Å². The predicted molar refractivity (Wildman–Crippen MR) is 57.7 cm³/mol. The number of aryl methyl sites for hydroxylation is 1. The van der Waals surface area contributed by atoms with E-state index < -0.39 is 0 Å². The van der Waals surface area contributed by atoms with Crippen LogP contribution in [0.3, 0.4) is 0 Å². The fourth-order valence-electron chi connectivity index (χ4n) is 1.30. The van der Waals surface area contributed by atoms with Crippen LogP contribution in [0.4, 0.5) is 0 Å². The van der Waals surface area contributed by atoms with Crippen molar-refractivity contribution in [1.29, 1.82) is 0 Å².